The number of guanidine groups is 2. The zero-order chi connectivity index (χ0) is 74.9. The number of likely N-dealkylation sites (tertiary alicyclic amines) is 1. The van der Waals surface area contributed by atoms with Gasteiger partial charge in [-0.2, -0.15) is 13.2 Å². The lowest BCUT2D eigenvalue weighted by Crippen LogP contribution is -2.41. The molecule has 0 radical (unpaired) electrons. The van der Waals surface area contributed by atoms with E-state index in [-0.39, 0.29) is 45.2 Å². The third-order valence-electron chi connectivity index (χ3n) is 19.2. The monoisotopic (exact) mass is 1510 g/mol. The van der Waals surface area contributed by atoms with Crippen molar-refractivity contribution >= 4 is 116 Å². The van der Waals surface area contributed by atoms with Crippen LogP contribution in [0.25, 0.3) is 32.5 Å². The second-order valence-electron chi connectivity index (χ2n) is 28.9. The second kappa shape index (κ2) is 31.4. The number of carboxylic acid groups (broad SMARTS) is 1. The predicted molar refractivity (Wildman–Crippen MR) is 418 cm³/mol. The standard InChI is InChI=1S/C34H42N4O4S.C29H34N4O2S.C14H11ClN2OS.C2HF3O2/c1-20-28(23-10-8-9-11-26(23)40-7)29-27(43-20)19-35-31(37-29)36-25-13-12-22(24-18-34(5,6)41-30(24)25)21-14-16-38(17-15-21)32(39)42-33(2,3)4;1-17-25(20-7-5-6-8-23(20)34-4)26-24(36-17)16-31-28(33-26)32-22-10-9-19(18-11-13-30-14-12-18)21-15-29(2,3)35-27(21)22;1-8-12(9-5-3-4-6-10(9)18-2)13-11(19-8)7-16-14(15)17-13;3-2(4,5)1(6)7/h8-13,19,21,27,29H,14-18H2,1-7H3,(H,36,37);5-10,16,18,24,26,30H,11-15H2,1-4H3,(H,32,33);3-7H,1-2H3;(H,6,7). The van der Waals surface area contributed by atoms with Crippen LogP contribution in [0, 0.1) is 6.92 Å². The van der Waals surface area contributed by atoms with E-state index in [9.17, 15) is 18.0 Å². The molecule has 0 spiro atoms. The Bertz CT molecular complexity index is 4650. The normalized spacial score (nSPS) is 20.6. The quantitative estimate of drug-likeness (QED) is 0.0934. The number of alkyl halides is 3. The number of para-hydroxylation sites is 3. The van der Waals surface area contributed by atoms with E-state index in [0.717, 1.165) is 111 Å². The minimum atomic E-state index is -5.08. The third kappa shape index (κ3) is 17.1. The number of methoxy groups -OCH3 is 3. The number of halogens is 4. The zero-order valence-corrected chi connectivity index (χ0v) is 64.3. The highest BCUT2D eigenvalue weighted by Crippen LogP contribution is 2.52. The highest BCUT2D eigenvalue weighted by atomic mass is 35.5. The van der Waals surface area contributed by atoms with E-state index in [2.05, 4.69) is 117 Å². The van der Waals surface area contributed by atoms with Crippen LogP contribution in [0.5, 0.6) is 28.7 Å². The fraction of sp³-hybridized carbons (Fsp3) is 0.418. The van der Waals surface area contributed by atoms with Gasteiger partial charge < -0.3 is 54.4 Å². The molecule has 19 nitrogen and oxygen atoms in total. The molecule has 2 fully saturated rings. The maximum absolute atomic E-state index is 12.6. The number of rotatable bonds is 10. The summed E-state index contributed by atoms with van der Waals surface area (Å²) in [6, 6.07) is 33.0. The Labute approximate surface area is 628 Å². The molecule has 0 aliphatic carbocycles. The molecule has 7 aromatic rings. The molecule has 2 aromatic heterocycles. The first kappa shape index (κ1) is 76.0. The minimum absolute atomic E-state index is 0.00859. The number of thioether (sulfide) groups is 2. The van der Waals surface area contributed by atoms with Crippen LogP contribution < -0.4 is 39.6 Å². The van der Waals surface area contributed by atoms with Crippen molar-refractivity contribution in [3.8, 4) is 39.9 Å². The van der Waals surface area contributed by atoms with Gasteiger partial charge in [-0.15, -0.1) is 34.9 Å². The largest absolute Gasteiger partial charge is 0.496 e. The van der Waals surface area contributed by atoms with Gasteiger partial charge in [-0.3, -0.25) is 0 Å². The molecule has 554 valence electrons. The van der Waals surface area contributed by atoms with Crippen LogP contribution in [0.4, 0.5) is 29.3 Å². The van der Waals surface area contributed by atoms with Crippen molar-refractivity contribution in [1.29, 1.82) is 0 Å². The summed E-state index contributed by atoms with van der Waals surface area (Å²) in [6.45, 7) is 24.3. The van der Waals surface area contributed by atoms with Crippen LogP contribution in [0.1, 0.15) is 138 Å². The van der Waals surface area contributed by atoms with Gasteiger partial charge in [0.05, 0.1) is 65.5 Å². The Hall–Kier alpha value is -8.62. The van der Waals surface area contributed by atoms with Gasteiger partial charge >= 0.3 is 18.2 Å². The molecule has 4 N–H and O–H groups in total. The molecule has 10 heterocycles. The molecular formula is C79H88ClF3N10O9S3. The SMILES string of the molecule is COc1ccccc1-c1c(C)sc2cnc(Cl)nc12.COc1ccccc1C1=C(C)SC2C=NC(Nc3ccc(C4CCN(C(=O)OC(C)(C)C)CC4)c4c3OC(C)(C)C4)=NC12.COc1ccccc1C1=C(C)SC2C=NC(Nc3ccc(C4CCNCC4)c4c3OC(C)(C)C4)=NC12.O=C(O)C(F)(F)F. The van der Waals surface area contributed by atoms with Gasteiger partial charge in [0.15, 0.2) is 0 Å². The van der Waals surface area contributed by atoms with E-state index in [4.69, 9.17) is 69.9 Å². The Kier molecular flexibility index (Phi) is 22.8. The fourth-order valence-corrected chi connectivity index (χ4v) is 18.2. The number of aliphatic carboxylic acids is 1. The van der Waals surface area contributed by atoms with Crippen molar-refractivity contribution < 1.29 is 56.3 Å². The first-order chi connectivity index (χ1) is 50.0. The summed E-state index contributed by atoms with van der Waals surface area (Å²) in [6.07, 6.45) is 6.40. The molecule has 0 saturated carbocycles. The first-order valence-electron chi connectivity index (χ1n) is 35.0. The second-order valence-corrected chi connectivity index (χ2v) is 33.2. The lowest BCUT2D eigenvalue weighted by molar-refractivity contribution is -0.192. The summed E-state index contributed by atoms with van der Waals surface area (Å²) in [5, 5.41) is 18.3. The van der Waals surface area contributed by atoms with E-state index >= 15 is 0 Å². The molecule has 105 heavy (non-hydrogen) atoms. The van der Waals surface area contributed by atoms with Crippen molar-refractivity contribution in [3.05, 3.63) is 157 Å². The molecule has 4 unspecified atom stereocenters. The van der Waals surface area contributed by atoms with Crippen LogP contribution in [-0.2, 0) is 22.4 Å². The summed E-state index contributed by atoms with van der Waals surface area (Å²) in [5.74, 6) is 3.81. The Morgan fingerprint density at radius 1 is 0.657 bits per heavy atom. The molecule has 8 aliphatic rings. The van der Waals surface area contributed by atoms with Crippen molar-refractivity contribution in [2.75, 3.05) is 58.1 Å². The number of carbonyl (C=O) groups excluding carboxylic acids is 1. The van der Waals surface area contributed by atoms with Gasteiger partial charge in [0, 0.05) is 82.8 Å². The molecule has 8 aliphatic heterocycles. The van der Waals surface area contributed by atoms with Crippen LogP contribution in [-0.4, -0.2) is 149 Å². The molecule has 15 rings (SSSR count). The number of anilines is 2. The van der Waals surface area contributed by atoms with Gasteiger partial charge in [0.2, 0.25) is 17.2 Å². The molecule has 0 bridgehead atoms. The number of nitrogens with one attached hydrogen (secondary N) is 3. The van der Waals surface area contributed by atoms with Crippen LogP contribution in [0.15, 0.2) is 133 Å². The number of allylic oxidation sites excluding steroid dienone is 2. The molecule has 26 heteroatoms. The van der Waals surface area contributed by atoms with E-state index in [1.807, 2.05) is 104 Å². The number of piperidine rings is 2. The maximum atomic E-state index is 12.6. The summed E-state index contributed by atoms with van der Waals surface area (Å²) >= 11 is 11.2. The number of hydrogen-bond acceptors (Lipinski definition) is 20. The fourth-order valence-electron chi connectivity index (χ4n) is 14.6. The summed E-state index contributed by atoms with van der Waals surface area (Å²) in [7, 11) is 5.11. The van der Waals surface area contributed by atoms with Gasteiger partial charge in [0.25, 0.3) is 0 Å². The summed E-state index contributed by atoms with van der Waals surface area (Å²) < 4.78 is 68.2. The average molecular weight is 1510 g/mol. The number of nitrogens with zero attached hydrogens (tertiary/aromatic N) is 7. The lowest BCUT2D eigenvalue weighted by Gasteiger charge is -2.34. The minimum Gasteiger partial charge on any atom is -0.496 e. The number of carbonyl (C=O) groups is 2. The topological polar surface area (TPSA) is 224 Å². The first-order valence-corrected chi connectivity index (χ1v) is 38.0. The highest BCUT2D eigenvalue weighted by Gasteiger charge is 2.43. The average Bonchev–Trinajstić information content (AvgIpc) is 1.65. The Morgan fingerprint density at radius 2 is 1.10 bits per heavy atom. The summed E-state index contributed by atoms with van der Waals surface area (Å²) in [4.78, 5) is 55.1. The Morgan fingerprint density at radius 3 is 1.54 bits per heavy atom. The predicted octanol–water partition coefficient (Wildman–Crippen LogP) is 17.9. The van der Waals surface area contributed by atoms with E-state index < -0.39 is 17.7 Å². The number of benzene rings is 5. The van der Waals surface area contributed by atoms with Crippen LogP contribution >= 0.6 is 46.5 Å². The number of fused-ring (bicyclic) bond motifs is 5. The van der Waals surface area contributed by atoms with Crippen LogP contribution in [0.3, 0.4) is 0 Å². The number of amides is 1. The van der Waals surface area contributed by atoms with E-state index in [1.165, 1.54) is 60.9 Å². The Balaban J connectivity index is 0.000000149. The van der Waals surface area contributed by atoms with Crippen molar-refractivity contribution in [3.63, 3.8) is 0 Å². The van der Waals surface area contributed by atoms with Gasteiger partial charge in [-0.1, -0.05) is 66.7 Å². The lowest BCUT2D eigenvalue weighted by atomic mass is 9.84. The van der Waals surface area contributed by atoms with Crippen molar-refractivity contribution in [2.45, 2.75) is 165 Å². The van der Waals surface area contributed by atoms with E-state index in [1.54, 1.807) is 50.6 Å². The zero-order valence-electron chi connectivity index (χ0n) is 61.1. The molecule has 5 aromatic carbocycles. The van der Waals surface area contributed by atoms with Gasteiger partial charge in [0.1, 0.15) is 45.6 Å². The summed E-state index contributed by atoms with van der Waals surface area (Å²) in [5.41, 5.74) is 13.7. The maximum Gasteiger partial charge on any atom is 0.490 e. The molecule has 4 atom stereocenters. The number of carboxylic acids is 1. The third-order valence-corrected chi connectivity index (χ3v) is 22.9. The van der Waals surface area contributed by atoms with Gasteiger partial charge in [-0.25, -0.2) is 39.5 Å². The van der Waals surface area contributed by atoms with E-state index in [0.29, 0.717) is 36.8 Å². The molecular weight excluding hydrogens is 1420 g/mol. The van der Waals surface area contributed by atoms with Gasteiger partial charge in [-0.05, 0) is 194 Å². The highest BCUT2D eigenvalue weighted by molar-refractivity contribution is 8.05. The number of aliphatic imine (C=N–C) groups is 4. The number of thiophene rings is 1. The number of aromatic nitrogens is 2. The van der Waals surface area contributed by atoms with Crippen molar-refractivity contribution in [1.82, 2.24) is 20.2 Å². The number of aryl methyl sites for hydroxylation is 1. The number of hydrogen-bond donors (Lipinski definition) is 4. The molecule has 2 saturated heterocycles. The smallest absolute Gasteiger partial charge is 0.490 e. The van der Waals surface area contributed by atoms with Crippen LogP contribution in [0.2, 0.25) is 5.28 Å². The van der Waals surface area contributed by atoms with Crippen molar-refractivity contribution in [2.24, 2.45) is 20.0 Å². The number of ether oxygens (including phenoxy) is 6. The molecule has 1 amide bonds.